The Kier molecular flexibility index (Phi) is 37.9. The predicted molar refractivity (Wildman–Crippen MR) is 234 cm³/mol. The van der Waals surface area contributed by atoms with Crippen LogP contribution in [0.2, 0.25) is 0 Å². The number of carbonyl (C=O) groups is 2. The highest BCUT2D eigenvalue weighted by molar-refractivity contribution is 7.47. The molecule has 0 aliphatic carbocycles. The van der Waals surface area contributed by atoms with Gasteiger partial charge in [0.25, 0.3) is 0 Å². The monoisotopic (exact) mass is 815 g/mol. The van der Waals surface area contributed by atoms with Crippen LogP contribution in [0.5, 0.6) is 0 Å². The first-order valence-electron chi connectivity index (χ1n) is 23.1. The Morgan fingerprint density at radius 3 is 1.39 bits per heavy atom. The molecule has 0 aromatic rings. The largest absolute Gasteiger partial charge is 0.472 e. The molecule has 0 bridgehead atoms. The molecule has 1 N–H and O–H groups in total. The van der Waals surface area contributed by atoms with Crippen LogP contribution in [-0.2, 0) is 32.7 Å². The minimum atomic E-state index is -4.37. The Morgan fingerprint density at radius 2 is 0.946 bits per heavy atom. The Hall–Kier alpha value is -1.51. The number of quaternary nitrogens is 1. The standard InChI is InChI=1S/C46H88NO8P/c1-6-8-10-12-14-16-18-20-22-23-25-27-29-31-33-35-37-39-46(49)55-44(43-54-56(50,51)53-41-40-47(3,4)5)42-52-45(48)38-36-34-32-30-28-26-24-21-19-17-15-13-11-9-7-2/h17,19,21,24,44H,6-16,18,20,22-23,25-43H2,1-5H3/p+1/b19-17+,24-21+/t44-/m1/s1. The third kappa shape index (κ3) is 42.1. The number of likely N-dealkylation sites (N-methyl/N-ethyl adjacent to an activating group) is 1. The smallest absolute Gasteiger partial charge is 0.462 e. The van der Waals surface area contributed by atoms with Gasteiger partial charge < -0.3 is 18.9 Å². The zero-order valence-electron chi connectivity index (χ0n) is 37.1. The molecule has 0 aliphatic rings. The van der Waals surface area contributed by atoms with E-state index in [0.29, 0.717) is 17.4 Å². The maximum absolute atomic E-state index is 12.7. The number of phosphoric acid groups is 1. The van der Waals surface area contributed by atoms with Gasteiger partial charge in [-0.2, -0.15) is 0 Å². The number of unbranched alkanes of at least 4 members (excludes halogenated alkanes) is 25. The van der Waals surface area contributed by atoms with Gasteiger partial charge >= 0.3 is 19.8 Å². The molecule has 330 valence electrons. The first kappa shape index (κ1) is 54.5. The van der Waals surface area contributed by atoms with Crippen molar-refractivity contribution in [3.63, 3.8) is 0 Å². The Morgan fingerprint density at radius 1 is 0.554 bits per heavy atom. The van der Waals surface area contributed by atoms with Crippen LogP contribution in [0, 0.1) is 0 Å². The Balaban J connectivity index is 4.33. The molecule has 0 aliphatic heterocycles. The molecule has 0 fully saturated rings. The van der Waals surface area contributed by atoms with Crippen LogP contribution in [0.15, 0.2) is 24.3 Å². The van der Waals surface area contributed by atoms with Crippen molar-refractivity contribution in [3.8, 4) is 0 Å². The molecule has 0 rings (SSSR count). The highest BCUT2D eigenvalue weighted by atomic mass is 31.2. The van der Waals surface area contributed by atoms with Gasteiger partial charge in [0.15, 0.2) is 6.10 Å². The molecule has 9 nitrogen and oxygen atoms in total. The average molecular weight is 815 g/mol. The highest BCUT2D eigenvalue weighted by Crippen LogP contribution is 2.43. The summed E-state index contributed by atoms with van der Waals surface area (Å²) >= 11 is 0. The number of allylic oxidation sites excluding steroid dienone is 4. The van der Waals surface area contributed by atoms with E-state index in [1.807, 2.05) is 21.1 Å². The van der Waals surface area contributed by atoms with E-state index in [0.717, 1.165) is 57.8 Å². The lowest BCUT2D eigenvalue weighted by Gasteiger charge is -2.24. The van der Waals surface area contributed by atoms with E-state index in [1.165, 1.54) is 116 Å². The lowest BCUT2D eigenvalue weighted by atomic mass is 10.0. The van der Waals surface area contributed by atoms with Crippen LogP contribution in [0.3, 0.4) is 0 Å². The summed E-state index contributed by atoms with van der Waals surface area (Å²) in [6.45, 7) is 4.41. The van der Waals surface area contributed by atoms with E-state index in [1.54, 1.807) is 0 Å². The maximum atomic E-state index is 12.7. The van der Waals surface area contributed by atoms with Gasteiger partial charge in [0.2, 0.25) is 0 Å². The topological polar surface area (TPSA) is 108 Å². The number of nitrogens with zero attached hydrogens (tertiary/aromatic N) is 1. The minimum Gasteiger partial charge on any atom is -0.462 e. The summed E-state index contributed by atoms with van der Waals surface area (Å²) in [6.07, 6.45) is 42.2. The first-order valence-corrected chi connectivity index (χ1v) is 24.6. The van der Waals surface area contributed by atoms with Crippen molar-refractivity contribution >= 4 is 19.8 Å². The molecule has 0 radical (unpaired) electrons. The minimum absolute atomic E-state index is 0.0311. The zero-order valence-corrected chi connectivity index (χ0v) is 38.0. The van der Waals surface area contributed by atoms with Crippen LogP contribution in [0.1, 0.15) is 206 Å². The molecule has 0 spiro atoms. The molecule has 0 saturated heterocycles. The normalized spacial score (nSPS) is 13.8. The zero-order chi connectivity index (χ0) is 41.4. The van der Waals surface area contributed by atoms with E-state index in [4.69, 9.17) is 18.5 Å². The number of ether oxygens (including phenoxy) is 2. The maximum Gasteiger partial charge on any atom is 0.472 e. The van der Waals surface area contributed by atoms with Crippen LogP contribution in [-0.4, -0.2) is 74.9 Å². The molecule has 0 amide bonds. The van der Waals surface area contributed by atoms with Gasteiger partial charge in [0, 0.05) is 12.8 Å². The van der Waals surface area contributed by atoms with Crippen molar-refractivity contribution in [2.45, 2.75) is 213 Å². The Labute approximate surface area is 345 Å². The molecule has 0 aromatic heterocycles. The second kappa shape index (κ2) is 39.0. The third-order valence-corrected chi connectivity index (χ3v) is 11.0. The van der Waals surface area contributed by atoms with E-state index >= 15 is 0 Å². The summed E-state index contributed by atoms with van der Waals surface area (Å²) in [5.74, 6) is -0.808. The lowest BCUT2D eigenvalue weighted by Crippen LogP contribution is -2.37. The molecule has 0 heterocycles. The summed E-state index contributed by atoms with van der Waals surface area (Å²) < 4.78 is 34.3. The van der Waals surface area contributed by atoms with Gasteiger partial charge in [-0.15, -0.1) is 0 Å². The van der Waals surface area contributed by atoms with Crippen molar-refractivity contribution in [2.24, 2.45) is 0 Å². The summed E-state index contributed by atoms with van der Waals surface area (Å²) in [7, 11) is 1.47. The molecule has 0 saturated carbocycles. The summed E-state index contributed by atoms with van der Waals surface area (Å²) in [6, 6.07) is 0. The molecule has 0 aromatic carbocycles. The van der Waals surface area contributed by atoms with Crippen LogP contribution in [0.4, 0.5) is 0 Å². The van der Waals surface area contributed by atoms with Gasteiger partial charge in [-0.1, -0.05) is 179 Å². The second-order valence-electron chi connectivity index (χ2n) is 16.8. The lowest BCUT2D eigenvalue weighted by molar-refractivity contribution is -0.870. The molecule has 2 atom stereocenters. The second-order valence-corrected chi connectivity index (χ2v) is 18.3. The van der Waals surface area contributed by atoms with Gasteiger partial charge in [0.05, 0.1) is 27.7 Å². The molecule has 56 heavy (non-hydrogen) atoms. The van der Waals surface area contributed by atoms with E-state index in [-0.39, 0.29) is 32.0 Å². The van der Waals surface area contributed by atoms with E-state index in [2.05, 4.69) is 38.2 Å². The number of hydrogen-bond acceptors (Lipinski definition) is 7. The summed E-state index contributed by atoms with van der Waals surface area (Å²) in [5.41, 5.74) is 0. The fraction of sp³-hybridized carbons (Fsp3) is 0.870. The molecule has 1 unspecified atom stereocenters. The predicted octanol–water partition coefficient (Wildman–Crippen LogP) is 13.1. The van der Waals surface area contributed by atoms with Crippen LogP contribution >= 0.6 is 7.82 Å². The average Bonchev–Trinajstić information content (AvgIpc) is 3.15. The molecular formula is C46H89NO8P+. The van der Waals surface area contributed by atoms with E-state index < -0.39 is 26.5 Å². The van der Waals surface area contributed by atoms with Crippen molar-refractivity contribution in [1.82, 2.24) is 0 Å². The van der Waals surface area contributed by atoms with Crippen molar-refractivity contribution in [1.29, 1.82) is 0 Å². The fourth-order valence-corrected chi connectivity index (χ4v) is 7.10. The summed E-state index contributed by atoms with van der Waals surface area (Å²) in [5, 5.41) is 0. The van der Waals surface area contributed by atoms with Gasteiger partial charge in [-0.05, 0) is 38.5 Å². The number of carbonyl (C=O) groups excluding carboxylic acids is 2. The molecule has 10 heteroatoms. The van der Waals surface area contributed by atoms with Crippen molar-refractivity contribution in [3.05, 3.63) is 24.3 Å². The third-order valence-electron chi connectivity index (χ3n) is 10.0. The number of hydrogen-bond donors (Lipinski definition) is 1. The number of esters is 2. The SMILES string of the molecule is CCCCCC/C=C/C=C/CCCCCCCC(=O)OC[C@H](COP(=O)(O)OCC[N+](C)(C)C)OC(=O)CCCCCCCCCCCCCCCCCCC. The van der Waals surface area contributed by atoms with E-state index in [9.17, 15) is 19.0 Å². The summed E-state index contributed by atoms with van der Waals surface area (Å²) in [4.78, 5) is 35.4. The number of rotatable bonds is 42. The van der Waals surface area contributed by atoms with Gasteiger partial charge in [-0.25, -0.2) is 4.57 Å². The molecular weight excluding hydrogens is 725 g/mol. The quantitative estimate of drug-likeness (QED) is 0.0213. The van der Waals surface area contributed by atoms with Crippen LogP contribution in [0.25, 0.3) is 0 Å². The number of phosphoric ester groups is 1. The first-order chi connectivity index (χ1) is 27.0. The fourth-order valence-electron chi connectivity index (χ4n) is 6.36. The van der Waals surface area contributed by atoms with Crippen molar-refractivity contribution < 1.29 is 42.1 Å². The van der Waals surface area contributed by atoms with Gasteiger partial charge in [0.1, 0.15) is 19.8 Å². The van der Waals surface area contributed by atoms with Crippen molar-refractivity contribution in [2.75, 3.05) is 47.5 Å². The highest BCUT2D eigenvalue weighted by Gasteiger charge is 2.27. The van der Waals surface area contributed by atoms with Gasteiger partial charge in [-0.3, -0.25) is 18.6 Å². The Bertz CT molecular complexity index is 1010. The van der Waals surface area contributed by atoms with Crippen LogP contribution < -0.4 is 0 Å².